The standard InChI is InChI=1S/C20H19FN4O2/c1-20(2,16-18(26)24-19(27)23-16)15-11-25(17-14(15)4-3-9-22-17)10-12-5-7-13(21)8-6-12/h3-9,11,26H,10H2,1-2H3,(H2,23,24,27). The van der Waals surface area contributed by atoms with Gasteiger partial charge in [-0.3, -0.25) is 4.98 Å². The summed E-state index contributed by atoms with van der Waals surface area (Å²) in [5, 5.41) is 11.0. The van der Waals surface area contributed by atoms with Crippen molar-refractivity contribution in [3.8, 4) is 5.88 Å². The molecule has 7 heteroatoms. The number of aromatic hydroxyl groups is 1. The quantitative estimate of drug-likeness (QED) is 0.518. The van der Waals surface area contributed by atoms with Crippen LogP contribution in [0.2, 0.25) is 0 Å². The maximum Gasteiger partial charge on any atom is 0.325 e. The number of pyridine rings is 1. The van der Waals surface area contributed by atoms with Crippen molar-refractivity contribution in [3.05, 3.63) is 81.9 Å². The summed E-state index contributed by atoms with van der Waals surface area (Å²) in [4.78, 5) is 21.2. The van der Waals surface area contributed by atoms with Gasteiger partial charge in [-0.15, -0.1) is 0 Å². The van der Waals surface area contributed by atoms with Gasteiger partial charge in [0, 0.05) is 29.7 Å². The topological polar surface area (TPSA) is 86.7 Å². The predicted molar refractivity (Wildman–Crippen MR) is 100 cm³/mol. The fourth-order valence-electron chi connectivity index (χ4n) is 3.49. The van der Waals surface area contributed by atoms with E-state index in [4.69, 9.17) is 0 Å². The Hall–Kier alpha value is -3.35. The number of hydrogen-bond donors (Lipinski definition) is 3. The van der Waals surface area contributed by atoms with Gasteiger partial charge < -0.3 is 14.7 Å². The molecule has 0 saturated heterocycles. The molecule has 138 valence electrons. The van der Waals surface area contributed by atoms with E-state index in [1.165, 1.54) is 12.1 Å². The van der Waals surface area contributed by atoms with Gasteiger partial charge in [0.25, 0.3) is 0 Å². The first-order valence-corrected chi connectivity index (χ1v) is 8.57. The molecule has 0 spiro atoms. The number of aromatic nitrogens is 4. The molecule has 27 heavy (non-hydrogen) atoms. The summed E-state index contributed by atoms with van der Waals surface area (Å²) in [6, 6.07) is 10.2. The number of halogens is 1. The zero-order valence-corrected chi connectivity index (χ0v) is 15.0. The molecule has 0 aliphatic heterocycles. The van der Waals surface area contributed by atoms with Crippen LogP contribution in [-0.4, -0.2) is 24.6 Å². The van der Waals surface area contributed by atoms with Gasteiger partial charge >= 0.3 is 5.69 Å². The SMILES string of the molecule is CC(C)(c1[nH]c(=O)[nH]c1O)c1cn(Cc2ccc(F)cc2)c2ncccc12. The van der Waals surface area contributed by atoms with Gasteiger partial charge in [-0.2, -0.15) is 0 Å². The summed E-state index contributed by atoms with van der Waals surface area (Å²) in [5.41, 5.74) is 1.93. The second-order valence-corrected chi connectivity index (χ2v) is 7.10. The molecule has 0 bridgehead atoms. The van der Waals surface area contributed by atoms with Gasteiger partial charge in [0.15, 0.2) is 0 Å². The number of H-pyrrole nitrogens is 2. The van der Waals surface area contributed by atoms with Crippen molar-refractivity contribution >= 4 is 11.0 Å². The molecular weight excluding hydrogens is 347 g/mol. The highest BCUT2D eigenvalue weighted by Crippen LogP contribution is 2.38. The van der Waals surface area contributed by atoms with Gasteiger partial charge in [0.05, 0.1) is 5.69 Å². The summed E-state index contributed by atoms with van der Waals surface area (Å²) in [6.45, 7) is 4.38. The van der Waals surface area contributed by atoms with Crippen molar-refractivity contribution < 1.29 is 9.50 Å². The van der Waals surface area contributed by atoms with Crippen molar-refractivity contribution in [3.63, 3.8) is 0 Å². The zero-order valence-electron chi connectivity index (χ0n) is 15.0. The Balaban J connectivity index is 1.85. The van der Waals surface area contributed by atoms with E-state index in [0.717, 1.165) is 22.2 Å². The first-order valence-electron chi connectivity index (χ1n) is 8.57. The van der Waals surface area contributed by atoms with E-state index in [0.29, 0.717) is 12.2 Å². The molecule has 0 radical (unpaired) electrons. The van der Waals surface area contributed by atoms with Crippen molar-refractivity contribution in [2.75, 3.05) is 0 Å². The third-order valence-electron chi connectivity index (χ3n) is 4.91. The molecule has 0 amide bonds. The van der Waals surface area contributed by atoms with E-state index in [1.807, 2.05) is 36.7 Å². The second kappa shape index (κ2) is 6.12. The Bertz CT molecular complexity index is 1170. The van der Waals surface area contributed by atoms with E-state index in [9.17, 15) is 14.3 Å². The molecule has 0 atom stereocenters. The van der Waals surface area contributed by atoms with Crippen LogP contribution in [-0.2, 0) is 12.0 Å². The Morgan fingerprint density at radius 1 is 1.19 bits per heavy atom. The summed E-state index contributed by atoms with van der Waals surface area (Å²) in [7, 11) is 0. The van der Waals surface area contributed by atoms with Crippen LogP contribution in [0.15, 0.2) is 53.6 Å². The van der Waals surface area contributed by atoms with Gasteiger partial charge in [-0.1, -0.05) is 12.1 Å². The Kier molecular flexibility index (Phi) is 3.87. The van der Waals surface area contributed by atoms with Crippen molar-refractivity contribution in [1.82, 2.24) is 19.5 Å². The largest absolute Gasteiger partial charge is 0.493 e. The number of benzene rings is 1. The van der Waals surface area contributed by atoms with E-state index in [2.05, 4.69) is 15.0 Å². The lowest BCUT2D eigenvalue weighted by atomic mass is 9.81. The van der Waals surface area contributed by atoms with Crippen LogP contribution in [0.1, 0.15) is 30.7 Å². The number of nitrogens with zero attached hydrogens (tertiary/aromatic N) is 2. The molecular formula is C20H19FN4O2. The third-order valence-corrected chi connectivity index (χ3v) is 4.91. The predicted octanol–water partition coefficient (Wildman–Crippen LogP) is 3.27. The molecule has 3 heterocycles. The molecule has 0 fully saturated rings. The highest BCUT2D eigenvalue weighted by molar-refractivity contribution is 5.82. The first-order chi connectivity index (χ1) is 12.9. The Morgan fingerprint density at radius 2 is 1.93 bits per heavy atom. The maximum absolute atomic E-state index is 13.2. The van der Waals surface area contributed by atoms with Crippen LogP contribution in [0.3, 0.4) is 0 Å². The lowest BCUT2D eigenvalue weighted by Gasteiger charge is -2.23. The number of aromatic amines is 2. The first kappa shape index (κ1) is 17.1. The highest BCUT2D eigenvalue weighted by Gasteiger charge is 2.32. The van der Waals surface area contributed by atoms with E-state index >= 15 is 0 Å². The minimum atomic E-state index is -0.668. The van der Waals surface area contributed by atoms with Crippen LogP contribution in [0.25, 0.3) is 11.0 Å². The number of imidazole rings is 1. The fraction of sp³-hybridized carbons (Fsp3) is 0.200. The summed E-state index contributed by atoms with van der Waals surface area (Å²) < 4.78 is 15.2. The molecule has 1 aromatic carbocycles. The molecule has 6 nitrogen and oxygen atoms in total. The molecule has 4 aromatic rings. The van der Waals surface area contributed by atoms with Crippen LogP contribution < -0.4 is 5.69 Å². The van der Waals surface area contributed by atoms with Crippen LogP contribution in [0, 0.1) is 5.82 Å². The van der Waals surface area contributed by atoms with Gasteiger partial charge in [0.2, 0.25) is 5.88 Å². The summed E-state index contributed by atoms with van der Waals surface area (Å²) in [5.74, 6) is -0.448. The van der Waals surface area contributed by atoms with Gasteiger partial charge in [0.1, 0.15) is 11.5 Å². The number of hydrogen-bond acceptors (Lipinski definition) is 3. The van der Waals surface area contributed by atoms with E-state index < -0.39 is 11.1 Å². The van der Waals surface area contributed by atoms with Gasteiger partial charge in [-0.25, -0.2) is 14.2 Å². The van der Waals surface area contributed by atoms with Gasteiger partial charge in [-0.05, 0) is 49.2 Å². The van der Waals surface area contributed by atoms with E-state index in [-0.39, 0.29) is 11.7 Å². The zero-order chi connectivity index (χ0) is 19.2. The molecule has 3 aromatic heterocycles. The smallest absolute Gasteiger partial charge is 0.325 e. The van der Waals surface area contributed by atoms with Crippen molar-refractivity contribution in [1.29, 1.82) is 0 Å². The molecule has 3 N–H and O–H groups in total. The average molecular weight is 366 g/mol. The van der Waals surface area contributed by atoms with Crippen molar-refractivity contribution in [2.45, 2.75) is 25.8 Å². The Labute approximate surface area is 154 Å². The molecule has 4 rings (SSSR count). The average Bonchev–Trinajstić information content (AvgIpc) is 3.18. The monoisotopic (exact) mass is 366 g/mol. The van der Waals surface area contributed by atoms with Crippen molar-refractivity contribution in [2.24, 2.45) is 0 Å². The third kappa shape index (κ3) is 2.91. The van der Waals surface area contributed by atoms with Crippen LogP contribution in [0.5, 0.6) is 5.88 Å². The molecule has 0 aliphatic rings. The minimum Gasteiger partial charge on any atom is -0.493 e. The van der Waals surface area contributed by atoms with E-state index in [1.54, 1.807) is 18.3 Å². The molecule has 0 unspecified atom stereocenters. The number of nitrogens with one attached hydrogen (secondary N) is 2. The lowest BCUT2D eigenvalue weighted by Crippen LogP contribution is -2.20. The number of fused-ring (bicyclic) bond motifs is 1. The van der Waals surface area contributed by atoms with Crippen LogP contribution in [0.4, 0.5) is 4.39 Å². The fourth-order valence-corrected chi connectivity index (χ4v) is 3.49. The highest BCUT2D eigenvalue weighted by atomic mass is 19.1. The lowest BCUT2D eigenvalue weighted by molar-refractivity contribution is 0.434. The number of rotatable bonds is 4. The normalized spacial score (nSPS) is 12.0. The molecule has 0 saturated carbocycles. The summed E-state index contributed by atoms with van der Waals surface area (Å²) >= 11 is 0. The minimum absolute atomic E-state index is 0.173. The summed E-state index contributed by atoms with van der Waals surface area (Å²) in [6.07, 6.45) is 3.68. The molecule has 0 aliphatic carbocycles. The second-order valence-electron chi connectivity index (χ2n) is 7.10. The van der Waals surface area contributed by atoms with Crippen LogP contribution >= 0.6 is 0 Å². The Morgan fingerprint density at radius 3 is 2.59 bits per heavy atom. The maximum atomic E-state index is 13.2.